The van der Waals surface area contributed by atoms with Gasteiger partial charge in [-0.25, -0.2) is 0 Å². The highest BCUT2D eigenvalue weighted by Crippen LogP contribution is 2.19. The summed E-state index contributed by atoms with van der Waals surface area (Å²) in [5.41, 5.74) is 0.729. The number of rotatable bonds is 3. The van der Waals surface area contributed by atoms with Crippen LogP contribution < -0.4 is 5.46 Å². The molecule has 2 rings (SSSR count). The first kappa shape index (κ1) is 12.4. The first-order valence-corrected chi connectivity index (χ1v) is 5.38. The van der Waals surface area contributed by atoms with E-state index in [9.17, 15) is 9.90 Å². The van der Waals surface area contributed by atoms with Crippen molar-refractivity contribution in [2.24, 2.45) is 0 Å². The maximum atomic E-state index is 12.1. The summed E-state index contributed by atoms with van der Waals surface area (Å²) in [4.78, 5) is 12.1. The molecular formula is C13H11BO4. The Morgan fingerprint density at radius 2 is 1.67 bits per heavy atom. The predicted molar refractivity (Wildman–Crippen MR) is 67.8 cm³/mol. The molecule has 0 aliphatic rings. The van der Waals surface area contributed by atoms with Crippen LogP contribution in [-0.4, -0.2) is 28.1 Å². The Balaban J connectivity index is 2.38. The van der Waals surface area contributed by atoms with E-state index in [1.165, 1.54) is 18.2 Å². The first-order valence-electron chi connectivity index (χ1n) is 5.38. The molecule has 0 amide bonds. The first-order chi connectivity index (χ1) is 8.59. The second kappa shape index (κ2) is 5.04. The Bertz CT molecular complexity index is 566. The Morgan fingerprint density at radius 3 is 2.22 bits per heavy atom. The van der Waals surface area contributed by atoms with Crippen molar-refractivity contribution in [3.05, 3.63) is 59.7 Å². The van der Waals surface area contributed by atoms with E-state index in [-0.39, 0.29) is 22.6 Å². The molecule has 0 aliphatic carbocycles. The van der Waals surface area contributed by atoms with Gasteiger partial charge in [0.05, 0.1) is 5.56 Å². The third-order valence-electron chi connectivity index (χ3n) is 2.60. The van der Waals surface area contributed by atoms with E-state index in [1.54, 1.807) is 30.3 Å². The molecule has 0 aliphatic heterocycles. The van der Waals surface area contributed by atoms with Crippen LogP contribution in [0.2, 0.25) is 0 Å². The number of phenols is 1. The van der Waals surface area contributed by atoms with Crippen molar-refractivity contribution in [3.8, 4) is 5.75 Å². The van der Waals surface area contributed by atoms with Crippen LogP contribution in [0.3, 0.4) is 0 Å². The van der Waals surface area contributed by atoms with Gasteiger partial charge in [0.2, 0.25) is 0 Å². The number of carbonyl (C=O) groups excluding carboxylic acids is 1. The fourth-order valence-electron chi connectivity index (χ4n) is 1.65. The van der Waals surface area contributed by atoms with Crippen LogP contribution >= 0.6 is 0 Å². The van der Waals surface area contributed by atoms with Crippen LogP contribution in [0.25, 0.3) is 0 Å². The van der Waals surface area contributed by atoms with Crippen LogP contribution in [0, 0.1) is 0 Å². The maximum absolute atomic E-state index is 12.1. The summed E-state index contributed by atoms with van der Waals surface area (Å²) in [6, 6.07) is 12.5. The number of hydrogen-bond acceptors (Lipinski definition) is 4. The standard InChI is InChI=1S/C13H11BO4/c15-12-8-10(14(17)18)6-7-11(12)13(16)9-4-2-1-3-5-9/h1-8,15,17-18H. The highest BCUT2D eigenvalue weighted by Gasteiger charge is 2.17. The van der Waals surface area contributed by atoms with E-state index in [1.807, 2.05) is 0 Å². The number of hydrogen-bond donors (Lipinski definition) is 3. The summed E-state index contributed by atoms with van der Waals surface area (Å²) in [7, 11) is -1.67. The van der Waals surface area contributed by atoms with E-state index in [2.05, 4.69) is 0 Å². The quantitative estimate of drug-likeness (QED) is 0.534. The summed E-state index contributed by atoms with van der Waals surface area (Å²) in [5, 5.41) is 27.6. The topological polar surface area (TPSA) is 77.8 Å². The molecule has 3 N–H and O–H groups in total. The van der Waals surface area contributed by atoms with Gasteiger partial charge >= 0.3 is 7.12 Å². The van der Waals surface area contributed by atoms with E-state index in [4.69, 9.17) is 10.0 Å². The number of phenolic OH excluding ortho intramolecular Hbond substituents is 1. The molecule has 0 aromatic heterocycles. The van der Waals surface area contributed by atoms with Crippen molar-refractivity contribution in [3.63, 3.8) is 0 Å². The molecule has 2 aromatic carbocycles. The third-order valence-corrected chi connectivity index (χ3v) is 2.60. The van der Waals surface area contributed by atoms with Crippen molar-refractivity contribution in [2.75, 3.05) is 0 Å². The zero-order valence-corrected chi connectivity index (χ0v) is 9.45. The minimum absolute atomic E-state index is 0.130. The molecule has 18 heavy (non-hydrogen) atoms. The largest absolute Gasteiger partial charge is 0.507 e. The Morgan fingerprint density at radius 1 is 1.00 bits per heavy atom. The van der Waals surface area contributed by atoms with Crippen LogP contribution in [0.15, 0.2) is 48.5 Å². The van der Waals surface area contributed by atoms with Gasteiger partial charge in [-0.05, 0) is 17.6 Å². The molecule has 0 radical (unpaired) electrons. The molecule has 0 saturated heterocycles. The summed E-state index contributed by atoms with van der Waals surface area (Å²) in [5.74, 6) is -0.582. The highest BCUT2D eigenvalue weighted by atomic mass is 16.4. The zero-order valence-electron chi connectivity index (χ0n) is 9.45. The molecule has 0 heterocycles. The molecule has 0 saturated carbocycles. The lowest BCUT2D eigenvalue weighted by Crippen LogP contribution is -2.29. The highest BCUT2D eigenvalue weighted by molar-refractivity contribution is 6.58. The molecule has 4 nitrogen and oxygen atoms in total. The average molecular weight is 242 g/mol. The Hall–Kier alpha value is -2.11. The van der Waals surface area contributed by atoms with E-state index in [0.29, 0.717) is 5.56 Å². The molecular weight excluding hydrogens is 231 g/mol. The molecule has 2 aromatic rings. The van der Waals surface area contributed by atoms with E-state index < -0.39 is 7.12 Å². The van der Waals surface area contributed by atoms with Crippen LogP contribution in [0.1, 0.15) is 15.9 Å². The van der Waals surface area contributed by atoms with E-state index >= 15 is 0 Å². The molecule has 0 atom stereocenters. The minimum atomic E-state index is -1.67. The summed E-state index contributed by atoms with van der Waals surface area (Å²) >= 11 is 0. The van der Waals surface area contributed by atoms with Gasteiger partial charge in [0.25, 0.3) is 0 Å². The number of ketones is 1. The van der Waals surface area contributed by atoms with Gasteiger partial charge in [0.15, 0.2) is 5.78 Å². The number of carbonyl (C=O) groups is 1. The van der Waals surface area contributed by atoms with Crippen molar-refractivity contribution in [1.82, 2.24) is 0 Å². The van der Waals surface area contributed by atoms with Crippen LogP contribution in [-0.2, 0) is 0 Å². The fraction of sp³-hybridized carbons (Fsp3) is 0. The van der Waals surface area contributed by atoms with Crippen LogP contribution in [0.5, 0.6) is 5.75 Å². The molecule has 5 heteroatoms. The molecule has 0 unspecified atom stereocenters. The van der Waals surface area contributed by atoms with Gasteiger partial charge in [-0.2, -0.15) is 0 Å². The van der Waals surface area contributed by atoms with Crippen molar-refractivity contribution in [1.29, 1.82) is 0 Å². The lowest BCUT2D eigenvalue weighted by molar-refractivity contribution is 0.103. The lowest BCUT2D eigenvalue weighted by Gasteiger charge is -2.06. The molecule has 0 fully saturated rings. The smallest absolute Gasteiger partial charge is 0.488 e. The third kappa shape index (κ3) is 2.42. The second-order valence-corrected chi connectivity index (χ2v) is 3.85. The molecule has 0 spiro atoms. The van der Waals surface area contributed by atoms with Crippen molar-refractivity contribution in [2.45, 2.75) is 0 Å². The second-order valence-electron chi connectivity index (χ2n) is 3.85. The predicted octanol–water partition coefficient (Wildman–Crippen LogP) is 0.303. The van der Waals surface area contributed by atoms with Gasteiger partial charge in [-0.3, -0.25) is 4.79 Å². The number of benzene rings is 2. The van der Waals surface area contributed by atoms with Crippen molar-refractivity contribution >= 4 is 18.4 Å². The number of aromatic hydroxyl groups is 1. The molecule has 0 bridgehead atoms. The van der Waals surface area contributed by atoms with Crippen molar-refractivity contribution < 1.29 is 19.9 Å². The zero-order chi connectivity index (χ0) is 13.1. The average Bonchev–Trinajstić information content (AvgIpc) is 2.38. The summed E-state index contributed by atoms with van der Waals surface area (Å²) in [6.07, 6.45) is 0. The van der Waals surface area contributed by atoms with E-state index in [0.717, 1.165) is 0 Å². The minimum Gasteiger partial charge on any atom is -0.507 e. The monoisotopic (exact) mass is 242 g/mol. The van der Waals surface area contributed by atoms with Gasteiger partial charge in [0, 0.05) is 5.56 Å². The summed E-state index contributed by atoms with van der Waals surface area (Å²) in [6.45, 7) is 0. The maximum Gasteiger partial charge on any atom is 0.488 e. The lowest BCUT2D eigenvalue weighted by atomic mass is 9.79. The van der Waals surface area contributed by atoms with Crippen LogP contribution in [0.4, 0.5) is 0 Å². The Kier molecular flexibility index (Phi) is 3.46. The van der Waals surface area contributed by atoms with Gasteiger partial charge in [-0.15, -0.1) is 0 Å². The van der Waals surface area contributed by atoms with Gasteiger partial charge < -0.3 is 15.2 Å². The normalized spacial score (nSPS) is 10.1. The fourth-order valence-corrected chi connectivity index (χ4v) is 1.65. The van der Waals surface area contributed by atoms with Gasteiger partial charge in [-0.1, -0.05) is 36.4 Å². The Labute approximate surface area is 104 Å². The molecule has 90 valence electrons. The summed E-state index contributed by atoms with van der Waals surface area (Å²) < 4.78 is 0. The van der Waals surface area contributed by atoms with Gasteiger partial charge in [0.1, 0.15) is 5.75 Å². The SMILES string of the molecule is O=C(c1ccccc1)c1ccc(B(O)O)cc1O.